The average Bonchev–Trinajstić information content (AvgIpc) is 2.83. The molecular formula is C13H15N5O2. The molecule has 0 radical (unpaired) electrons. The Labute approximate surface area is 115 Å². The van der Waals surface area contributed by atoms with Crippen molar-refractivity contribution in [3.63, 3.8) is 0 Å². The van der Waals surface area contributed by atoms with Crippen molar-refractivity contribution in [3.05, 3.63) is 40.2 Å². The van der Waals surface area contributed by atoms with Crippen molar-refractivity contribution in [2.24, 2.45) is 0 Å². The van der Waals surface area contributed by atoms with Gasteiger partial charge in [-0.3, -0.25) is 9.78 Å². The second-order valence-corrected chi connectivity index (χ2v) is 4.53. The molecule has 4 N–H and O–H groups in total. The maximum absolute atomic E-state index is 11.7. The Morgan fingerprint density at radius 2 is 2.15 bits per heavy atom. The van der Waals surface area contributed by atoms with Crippen molar-refractivity contribution in [2.45, 2.75) is 6.54 Å². The molecule has 1 aromatic heterocycles. The molecule has 0 unspecified atom stereocenters. The number of nitrogen functional groups attached to an aromatic ring is 1. The van der Waals surface area contributed by atoms with Crippen molar-refractivity contribution in [2.75, 3.05) is 29.7 Å². The second-order valence-electron chi connectivity index (χ2n) is 4.53. The van der Waals surface area contributed by atoms with E-state index < -0.39 is 0 Å². The van der Waals surface area contributed by atoms with Crippen LogP contribution in [-0.2, 0) is 6.54 Å². The molecule has 2 aromatic rings. The molecule has 0 aliphatic carbocycles. The summed E-state index contributed by atoms with van der Waals surface area (Å²) in [5.41, 5.74) is 6.91. The first-order valence-corrected chi connectivity index (χ1v) is 6.19. The van der Waals surface area contributed by atoms with Crippen LogP contribution in [0.2, 0.25) is 0 Å². The number of nitrogens with two attached hydrogens (primary N) is 1. The van der Waals surface area contributed by atoms with Gasteiger partial charge in [-0.2, -0.15) is 4.98 Å². The molecule has 1 aromatic carbocycles. The molecule has 0 amide bonds. The first-order valence-electron chi connectivity index (χ1n) is 6.19. The molecule has 0 atom stereocenters. The summed E-state index contributed by atoms with van der Waals surface area (Å²) in [6, 6.07) is 7.76. The number of nitrogens with one attached hydrogen (secondary N) is 2. The van der Waals surface area contributed by atoms with Gasteiger partial charge in [-0.25, -0.2) is 0 Å². The van der Waals surface area contributed by atoms with Crippen LogP contribution in [0, 0.1) is 0 Å². The van der Waals surface area contributed by atoms with Gasteiger partial charge >= 0.3 is 0 Å². The van der Waals surface area contributed by atoms with E-state index in [9.17, 15) is 4.79 Å². The zero-order valence-corrected chi connectivity index (χ0v) is 11.0. The van der Waals surface area contributed by atoms with Crippen LogP contribution in [0.4, 0.5) is 17.5 Å². The first-order chi connectivity index (χ1) is 9.67. The second kappa shape index (κ2) is 4.76. The molecular weight excluding hydrogens is 258 g/mol. The molecule has 20 heavy (non-hydrogen) atoms. The Balaban J connectivity index is 1.86. The Morgan fingerprint density at radius 3 is 2.85 bits per heavy atom. The van der Waals surface area contributed by atoms with Crippen LogP contribution in [-0.4, -0.2) is 23.7 Å². The zero-order valence-electron chi connectivity index (χ0n) is 11.0. The van der Waals surface area contributed by atoms with E-state index in [0.29, 0.717) is 24.7 Å². The lowest BCUT2D eigenvalue weighted by Crippen LogP contribution is -2.22. The summed E-state index contributed by atoms with van der Waals surface area (Å²) >= 11 is 0. The minimum atomic E-state index is -0.246. The lowest BCUT2D eigenvalue weighted by Gasteiger charge is -2.17. The average molecular weight is 273 g/mol. The fraction of sp³-hybridized carbons (Fsp3) is 0.231. The lowest BCUT2D eigenvalue weighted by molar-refractivity contribution is 0.414. The predicted octanol–water partition coefficient (Wildman–Crippen LogP) is 0.750. The van der Waals surface area contributed by atoms with E-state index in [1.165, 1.54) is 0 Å². The van der Waals surface area contributed by atoms with Gasteiger partial charge in [0.15, 0.2) is 5.82 Å². The lowest BCUT2D eigenvalue weighted by atomic mass is 10.2. The molecule has 7 nitrogen and oxygen atoms in total. The SMILES string of the molecule is COc1ccc(CN2CNc3c2nc(N)[nH]c3=O)cc1. The van der Waals surface area contributed by atoms with Crippen molar-refractivity contribution >= 4 is 17.5 Å². The summed E-state index contributed by atoms with van der Waals surface area (Å²) < 4.78 is 5.13. The molecule has 0 spiro atoms. The summed E-state index contributed by atoms with van der Waals surface area (Å²) in [5, 5.41) is 3.03. The number of benzene rings is 1. The fourth-order valence-electron chi connectivity index (χ4n) is 2.20. The van der Waals surface area contributed by atoms with E-state index in [2.05, 4.69) is 15.3 Å². The van der Waals surface area contributed by atoms with E-state index in [0.717, 1.165) is 11.3 Å². The molecule has 0 fully saturated rings. The van der Waals surface area contributed by atoms with Crippen LogP contribution in [0.5, 0.6) is 5.75 Å². The molecule has 0 saturated heterocycles. The Morgan fingerprint density at radius 1 is 1.40 bits per heavy atom. The number of aromatic amines is 1. The quantitative estimate of drug-likeness (QED) is 0.763. The highest BCUT2D eigenvalue weighted by Gasteiger charge is 2.23. The Kier molecular flexibility index (Phi) is 2.94. The monoisotopic (exact) mass is 273 g/mol. The van der Waals surface area contributed by atoms with Crippen LogP contribution in [0.15, 0.2) is 29.1 Å². The highest BCUT2D eigenvalue weighted by molar-refractivity contribution is 5.70. The van der Waals surface area contributed by atoms with E-state index >= 15 is 0 Å². The summed E-state index contributed by atoms with van der Waals surface area (Å²) in [6.45, 7) is 1.17. The molecule has 0 saturated carbocycles. The number of fused-ring (bicyclic) bond motifs is 1. The van der Waals surface area contributed by atoms with E-state index in [-0.39, 0.29) is 11.5 Å². The Bertz CT molecular complexity index is 680. The van der Waals surface area contributed by atoms with E-state index in [1.807, 2.05) is 29.2 Å². The van der Waals surface area contributed by atoms with Crippen LogP contribution in [0.3, 0.4) is 0 Å². The summed E-state index contributed by atoms with van der Waals surface area (Å²) in [4.78, 5) is 20.4. The smallest absolute Gasteiger partial charge is 0.277 e. The third-order valence-corrected chi connectivity index (χ3v) is 3.20. The molecule has 1 aliphatic heterocycles. The van der Waals surface area contributed by atoms with Gasteiger partial charge in [0.05, 0.1) is 13.8 Å². The number of rotatable bonds is 3. The Hall–Kier alpha value is -2.70. The number of anilines is 3. The minimum absolute atomic E-state index is 0.122. The maximum Gasteiger partial charge on any atom is 0.277 e. The van der Waals surface area contributed by atoms with Gasteiger partial charge in [0, 0.05) is 6.54 Å². The van der Waals surface area contributed by atoms with E-state index in [1.54, 1.807) is 7.11 Å². The molecule has 3 rings (SSSR count). The predicted molar refractivity (Wildman–Crippen MR) is 76.9 cm³/mol. The van der Waals surface area contributed by atoms with Crippen molar-refractivity contribution < 1.29 is 4.74 Å². The molecule has 1 aliphatic rings. The van der Waals surface area contributed by atoms with Gasteiger partial charge in [0.25, 0.3) is 5.56 Å². The molecule has 7 heteroatoms. The van der Waals surface area contributed by atoms with E-state index in [4.69, 9.17) is 10.5 Å². The van der Waals surface area contributed by atoms with Crippen molar-refractivity contribution in [1.82, 2.24) is 9.97 Å². The van der Waals surface area contributed by atoms with Gasteiger partial charge in [0.2, 0.25) is 5.95 Å². The topological polar surface area (TPSA) is 96.3 Å². The summed E-state index contributed by atoms with van der Waals surface area (Å²) in [5.74, 6) is 1.52. The zero-order chi connectivity index (χ0) is 14.1. The van der Waals surface area contributed by atoms with Gasteiger partial charge in [0.1, 0.15) is 11.4 Å². The molecule has 2 heterocycles. The highest BCUT2D eigenvalue weighted by atomic mass is 16.5. The van der Waals surface area contributed by atoms with Crippen LogP contribution >= 0.6 is 0 Å². The normalized spacial score (nSPS) is 12.9. The number of H-pyrrole nitrogens is 1. The summed E-state index contributed by atoms with van der Waals surface area (Å²) in [7, 11) is 1.63. The summed E-state index contributed by atoms with van der Waals surface area (Å²) in [6.07, 6.45) is 0. The molecule has 104 valence electrons. The maximum atomic E-state index is 11.7. The standard InChI is InChI=1S/C13H15N5O2/c1-20-9-4-2-8(3-5-9)6-18-7-15-10-11(18)16-13(14)17-12(10)19/h2-5,15H,6-7H2,1H3,(H3,14,16,17,19). The van der Waals surface area contributed by atoms with Gasteiger partial charge in [-0.15, -0.1) is 0 Å². The van der Waals surface area contributed by atoms with Gasteiger partial charge in [-0.1, -0.05) is 12.1 Å². The third kappa shape index (κ3) is 2.13. The van der Waals surface area contributed by atoms with Crippen molar-refractivity contribution in [3.8, 4) is 5.75 Å². The number of aromatic nitrogens is 2. The molecule has 0 bridgehead atoms. The number of hydrogen-bond donors (Lipinski definition) is 3. The largest absolute Gasteiger partial charge is 0.497 e. The fourth-order valence-corrected chi connectivity index (χ4v) is 2.20. The van der Waals surface area contributed by atoms with Crippen molar-refractivity contribution in [1.29, 1.82) is 0 Å². The van der Waals surface area contributed by atoms with Crippen LogP contribution in [0.25, 0.3) is 0 Å². The number of methoxy groups -OCH3 is 1. The number of nitrogens with zero attached hydrogens (tertiary/aromatic N) is 2. The number of ether oxygens (including phenoxy) is 1. The van der Waals surface area contributed by atoms with Crippen LogP contribution in [0.1, 0.15) is 5.56 Å². The minimum Gasteiger partial charge on any atom is -0.497 e. The van der Waals surface area contributed by atoms with Gasteiger partial charge in [-0.05, 0) is 17.7 Å². The number of hydrogen-bond acceptors (Lipinski definition) is 6. The highest BCUT2D eigenvalue weighted by Crippen LogP contribution is 2.27. The van der Waals surface area contributed by atoms with Gasteiger partial charge < -0.3 is 20.7 Å². The first kappa shape index (κ1) is 12.3. The third-order valence-electron chi connectivity index (χ3n) is 3.20. The van der Waals surface area contributed by atoms with Crippen LogP contribution < -0.4 is 26.2 Å².